The van der Waals surface area contributed by atoms with Gasteiger partial charge in [-0.1, -0.05) is 20.8 Å². The van der Waals surface area contributed by atoms with E-state index in [9.17, 15) is 13.2 Å². The maximum atomic E-state index is 12.7. The molecule has 0 aromatic rings. The molecular weight excluding hydrogens is 324 g/mol. The molecule has 140 valence electrons. The maximum absolute atomic E-state index is 12.7. The third-order valence-corrected chi connectivity index (χ3v) is 8.17. The Bertz CT molecular complexity index is 537. The summed E-state index contributed by atoms with van der Waals surface area (Å²) in [5.74, 6) is 0.937. The van der Waals surface area contributed by atoms with Gasteiger partial charge in [0.15, 0.2) is 14.6 Å². The first-order valence-corrected chi connectivity index (χ1v) is 11.1. The second-order valence-electron chi connectivity index (χ2n) is 8.81. The molecule has 24 heavy (non-hydrogen) atoms. The summed E-state index contributed by atoms with van der Waals surface area (Å²) < 4.78 is 23.3. The van der Waals surface area contributed by atoms with Crippen LogP contribution >= 0.6 is 0 Å². The lowest BCUT2D eigenvalue weighted by Gasteiger charge is -2.38. The van der Waals surface area contributed by atoms with Crippen molar-refractivity contribution < 1.29 is 13.2 Å². The van der Waals surface area contributed by atoms with Crippen LogP contribution in [0.25, 0.3) is 0 Å². The molecule has 0 aromatic carbocycles. The lowest BCUT2D eigenvalue weighted by atomic mass is 9.70. The average Bonchev–Trinajstić information content (AvgIpc) is 2.51. The van der Waals surface area contributed by atoms with Crippen LogP contribution in [0.3, 0.4) is 0 Å². The van der Waals surface area contributed by atoms with Crippen LogP contribution in [-0.4, -0.2) is 45.0 Å². The summed E-state index contributed by atoms with van der Waals surface area (Å²) in [5.41, 5.74) is 0.351. The van der Waals surface area contributed by atoms with Gasteiger partial charge in [-0.25, -0.2) is 8.42 Å². The Hall–Kier alpha value is -0.620. The van der Waals surface area contributed by atoms with Gasteiger partial charge >= 0.3 is 0 Å². The van der Waals surface area contributed by atoms with Crippen LogP contribution in [0.1, 0.15) is 59.3 Å². The summed E-state index contributed by atoms with van der Waals surface area (Å²) >= 11 is 0. The van der Waals surface area contributed by atoms with Gasteiger partial charge in [0.05, 0.1) is 0 Å². The van der Waals surface area contributed by atoms with Gasteiger partial charge in [0.1, 0.15) is 0 Å². The lowest BCUT2D eigenvalue weighted by molar-refractivity contribution is -0.124. The van der Waals surface area contributed by atoms with E-state index in [-0.39, 0.29) is 5.91 Å². The van der Waals surface area contributed by atoms with E-state index in [0.717, 1.165) is 18.8 Å². The maximum Gasteiger partial charge on any atom is 0.241 e. The number of hydrogen-bond acceptors (Lipinski definition) is 4. The number of rotatable bonds is 4. The van der Waals surface area contributed by atoms with E-state index in [1.54, 1.807) is 0 Å². The first-order chi connectivity index (χ1) is 11.1. The van der Waals surface area contributed by atoms with Crippen molar-refractivity contribution in [1.82, 2.24) is 10.6 Å². The van der Waals surface area contributed by atoms with E-state index in [1.807, 2.05) is 0 Å². The van der Waals surface area contributed by atoms with Gasteiger partial charge in [0.25, 0.3) is 0 Å². The van der Waals surface area contributed by atoms with Crippen molar-refractivity contribution in [3.05, 3.63) is 0 Å². The Morgan fingerprint density at radius 3 is 2.12 bits per heavy atom. The Labute approximate surface area is 147 Å². The number of carbonyl (C=O) groups excluding carboxylic acids is 1. The van der Waals surface area contributed by atoms with Gasteiger partial charge in [0, 0.05) is 12.8 Å². The normalized spacial score (nSPS) is 28.3. The molecule has 2 fully saturated rings. The van der Waals surface area contributed by atoms with Crippen molar-refractivity contribution in [2.75, 3.05) is 25.9 Å². The molecule has 0 unspecified atom stereocenters. The Balaban J connectivity index is 1.91. The second-order valence-corrected chi connectivity index (χ2v) is 11.1. The van der Waals surface area contributed by atoms with E-state index in [1.165, 1.54) is 19.1 Å². The molecule has 0 radical (unpaired) electrons. The van der Waals surface area contributed by atoms with Crippen LogP contribution in [0.15, 0.2) is 0 Å². The summed E-state index contributed by atoms with van der Waals surface area (Å²) in [7, 11) is -3.42. The van der Waals surface area contributed by atoms with Crippen molar-refractivity contribution in [3.8, 4) is 0 Å². The van der Waals surface area contributed by atoms with Gasteiger partial charge in [0.2, 0.25) is 5.91 Å². The van der Waals surface area contributed by atoms with Gasteiger partial charge in [-0.2, -0.15) is 0 Å². The van der Waals surface area contributed by atoms with E-state index in [4.69, 9.17) is 0 Å². The molecule has 5 nitrogen and oxygen atoms in total. The standard InChI is InChI=1S/C18H34N2O3S/c1-17(2,3)15-7-5-14(6-8-15)13-20-16(21)18(24(4,22)23)9-11-19-12-10-18/h14-15,19H,5-13H2,1-4H3,(H,20,21). The zero-order chi connectivity index (χ0) is 18.0. The molecule has 0 aromatic heterocycles. The SMILES string of the molecule is CC(C)(C)C1CCC(CNC(=O)C2(S(C)(=O)=O)CCNCC2)CC1. The number of sulfone groups is 1. The minimum absolute atomic E-state index is 0.288. The molecule has 1 amide bonds. The van der Waals surface area contributed by atoms with E-state index in [2.05, 4.69) is 31.4 Å². The highest BCUT2D eigenvalue weighted by Crippen LogP contribution is 2.39. The molecule has 2 rings (SSSR count). The van der Waals surface area contributed by atoms with Crippen LogP contribution in [0.5, 0.6) is 0 Å². The third kappa shape index (κ3) is 4.31. The highest BCUT2D eigenvalue weighted by atomic mass is 32.2. The number of nitrogens with one attached hydrogen (secondary N) is 2. The summed E-state index contributed by atoms with van der Waals surface area (Å²) in [6.45, 7) is 8.67. The van der Waals surface area contributed by atoms with Crippen LogP contribution < -0.4 is 10.6 Å². The highest BCUT2D eigenvalue weighted by molar-refractivity contribution is 7.92. The van der Waals surface area contributed by atoms with Gasteiger partial charge in [-0.05, 0) is 68.9 Å². The van der Waals surface area contributed by atoms with Crippen LogP contribution in [0.4, 0.5) is 0 Å². The minimum Gasteiger partial charge on any atom is -0.354 e. The first kappa shape index (κ1) is 19.7. The van der Waals surface area contributed by atoms with Crippen molar-refractivity contribution in [2.45, 2.75) is 64.0 Å². The molecule has 0 bridgehead atoms. The van der Waals surface area contributed by atoms with Crippen LogP contribution in [-0.2, 0) is 14.6 Å². The van der Waals surface area contributed by atoms with E-state index < -0.39 is 14.6 Å². The number of piperidine rings is 1. The fourth-order valence-electron chi connectivity index (χ4n) is 4.23. The van der Waals surface area contributed by atoms with E-state index in [0.29, 0.717) is 43.8 Å². The van der Waals surface area contributed by atoms with Crippen molar-refractivity contribution in [2.24, 2.45) is 17.3 Å². The number of carbonyl (C=O) groups is 1. The summed E-state index contributed by atoms with van der Waals surface area (Å²) in [6, 6.07) is 0. The fourth-order valence-corrected chi connectivity index (χ4v) is 5.58. The van der Waals surface area contributed by atoms with Crippen molar-refractivity contribution in [3.63, 3.8) is 0 Å². The molecule has 0 spiro atoms. The molecule has 1 saturated carbocycles. The molecule has 1 aliphatic carbocycles. The topological polar surface area (TPSA) is 75.3 Å². The molecule has 2 aliphatic rings. The Morgan fingerprint density at radius 1 is 1.12 bits per heavy atom. The molecule has 1 heterocycles. The van der Waals surface area contributed by atoms with Crippen LogP contribution in [0.2, 0.25) is 0 Å². The van der Waals surface area contributed by atoms with Gasteiger partial charge < -0.3 is 10.6 Å². The van der Waals surface area contributed by atoms with E-state index >= 15 is 0 Å². The number of amides is 1. The Morgan fingerprint density at radius 2 is 1.67 bits per heavy atom. The summed E-state index contributed by atoms with van der Waals surface area (Å²) in [5, 5.41) is 6.12. The predicted molar refractivity (Wildman–Crippen MR) is 97.6 cm³/mol. The largest absolute Gasteiger partial charge is 0.354 e. The molecule has 6 heteroatoms. The lowest BCUT2D eigenvalue weighted by Crippen LogP contribution is -2.57. The zero-order valence-corrected chi connectivity index (χ0v) is 16.5. The summed E-state index contributed by atoms with van der Waals surface area (Å²) in [6.07, 6.45) is 6.58. The fraction of sp³-hybridized carbons (Fsp3) is 0.944. The monoisotopic (exact) mass is 358 g/mol. The molecular formula is C18H34N2O3S. The number of hydrogen-bond donors (Lipinski definition) is 2. The quantitative estimate of drug-likeness (QED) is 0.807. The minimum atomic E-state index is -3.42. The first-order valence-electron chi connectivity index (χ1n) is 9.25. The highest BCUT2D eigenvalue weighted by Gasteiger charge is 2.48. The van der Waals surface area contributed by atoms with Crippen molar-refractivity contribution >= 4 is 15.7 Å². The molecule has 2 N–H and O–H groups in total. The van der Waals surface area contributed by atoms with Crippen LogP contribution in [0, 0.1) is 17.3 Å². The predicted octanol–water partition coefficient (Wildman–Crippen LogP) is 2.12. The Kier molecular flexibility index (Phi) is 6.01. The molecule has 1 aliphatic heterocycles. The average molecular weight is 359 g/mol. The molecule has 0 atom stereocenters. The van der Waals surface area contributed by atoms with Gasteiger partial charge in [-0.15, -0.1) is 0 Å². The second kappa shape index (κ2) is 7.32. The van der Waals surface area contributed by atoms with Crippen molar-refractivity contribution in [1.29, 1.82) is 0 Å². The van der Waals surface area contributed by atoms with Gasteiger partial charge in [-0.3, -0.25) is 4.79 Å². The smallest absolute Gasteiger partial charge is 0.241 e. The summed E-state index contributed by atoms with van der Waals surface area (Å²) in [4.78, 5) is 12.7. The zero-order valence-electron chi connectivity index (χ0n) is 15.7. The third-order valence-electron chi connectivity index (χ3n) is 6.16. The molecule has 1 saturated heterocycles.